The first-order valence-electron chi connectivity index (χ1n) is 3.90. The van der Waals surface area contributed by atoms with Gasteiger partial charge in [0.05, 0.1) is 0 Å². The first-order chi connectivity index (χ1) is 5.74. The summed E-state index contributed by atoms with van der Waals surface area (Å²) < 4.78 is 0. The average Bonchev–Trinajstić information content (AvgIpc) is 2.07. The topological polar surface area (TPSA) is 46.2 Å². The summed E-state index contributed by atoms with van der Waals surface area (Å²) in [7, 11) is 0. The summed E-state index contributed by atoms with van der Waals surface area (Å²) in [4.78, 5) is 0. The Morgan fingerprint density at radius 1 is 1.50 bits per heavy atom. The quantitative estimate of drug-likeness (QED) is 0.696. The molecule has 0 spiro atoms. The number of phenols is 1. The van der Waals surface area contributed by atoms with E-state index in [1.807, 2.05) is 31.2 Å². The molecule has 0 aliphatic rings. The first kappa shape index (κ1) is 8.81. The molecule has 0 aliphatic heterocycles. The van der Waals surface area contributed by atoms with E-state index in [4.69, 9.17) is 5.73 Å². The number of aromatic hydroxyl groups is 1. The van der Waals surface area contributed by atoms with Gasteiger partial charge in [-0.15, -0.1) is 0 Å². The van der Waals surface area contributed by atoms with Crippen LogP contribution in [0, 0.1) is 6.92 Å². The van der Waals surface area contributed by atoms with E-state index in [1.54, 1.807) is 6.07 Å². The maximum atomic E-state index is 9.37. The molecule has 64 valence electrons. The zero-order valence-corrected chi connectivity index (χ0v) is 7.12. The molecule has 1 aromatic rings. The van der Waals surface area contributed by atoms with Crippen LogP contribution in [0.5, 0.6) is 5.75 Å². The van der Waals surface area contributed by atoms with E-state index in [2.05, 4.69) is 0 Å². The third-order valence-corrected chi connectivity index (χ3v) is 1.62. The summed E-state index contributed by atoms with van der Waals surface area (Å²) in [5.41, 5.74) is 7.25. The second-order valence-corrected chi connectivity index (χ2v) is 2.70. The van der Waals surface area contributed by atoms with Gasteiger partial charge in [-0.1, -0.05) is 23.8 Å². The number of hydrogen-bond acceptors (Lipinski definition) is 2. The third kappa shape index (κ3) is 2.10. The van der Waals surface area contributed by atoms with Crippen LogP contribution in [-0.2, 0) is 0 Å². The van der Waals surface area contributed by atoms with Gasteiger partial charge in [-0.05, 0) is 19.1 Å². The summed E-state index contributed by atoms with van der Waals surface area (Å²) >= 11 is 0. The van der Waals surface area contributed by atoms with E-state index in [1.165, 1.54) is 0 Å². The predicted molar refractivity (Wildman–Crippen MR) is 50.9 cm³/mol. The molecule has 1 aromatic carbocycles. The van der Waals surface area contributed by atoms with Crippen LogP contribution in [0.1, 0.15) is 11.1 Å². The lowest BCUT2D eigenvalue weighted by Gasteiger charge is -1.99. The maximum Gasteiger partial charge on any atom is 0.122 e. The highest BCUT2D eigenvalue weighted by atomic mass is 16.3. The summed E-state index contributed by atoms with van der Waals surface area (Å²) in [5.74, 6) is 0.297. The molecule has 0 saturated heterocycles. The highest BCUT2D eigenvalue weighted by molar-refractivity contribution is 5.57. The number of hydrogen-bond donors (Lipinski definition) is 2. The fraction of sp³-hybridized carbons (Fsp3) is 0.200. The molecule has 0 atom stereocenters. The van der Waals surface area contributed by atoms with E-state index in [0.717, 1.165) is 11.1 Å². The van der Waals surface area contributed by atoms with E-state index >= 15 is 0 Å². The lowest BCUT2D eigenvalue weighted by Crippen LogP contribution is -1.92. The fourth-order valence-corrected chi connectivity index (χ4v) is 1.00. The van der Waals surface area contributed by atoms with Crippen molar-refractivity contribution in [2.24, 2.45) is 5.73 Å². The Bertz CT molecular complexity index is 292. The molecular formula is C10H13NO. The Morgan fingerprint density at radius 3 is 2.92 bits per heavy atom. The van der Waals surface area contributed by atoms with Gasteiger partial charge in [0.15, 0.2) is 0 Å². The van der Waals surface area contributed by atoms with Crippen molar-refractivity contribution in [2.45, 2.75) is 6.92 Å². The van der Waals surface area contributed by atoms with E-state index in [0.29, 0.717) is 12.3 Å². The highest BCUT2D eigenvalue weighted by Gasteiger charge is 1.95. The molecule has 0 fully saturated rings. The summed E-state index contributed by atoms with van der Waals surface area (Å²) in [6.07, 6.45) is 3.64. The van der Waals surface area contributed by atoms with Gasteiger partial charge >= 0.3 is 0 Å². The number of phenolic OH excluding ortho intramolecular Hbond substituents is 1. The molecule has 0 radical (unpaired) electrons. The summed E-state index contributed by atoms with van der Waals surface area (Å²) in [6, 6.07) is 5.47. The van der Waals surface area contributed by atoms with Crippen molar-refractivity contribution < 1.29 is 5.11 Å². The molecule has 0 aliphatic carbocycles. The molecule has 0 saturated carbocycles. The monoisotopic (exact) mass is 163 g/mol. The lowest BCUT2D eigenvalue weighted by atomic mass is 10.1. The molecule has 2 nitrogen and oxygen atoms in total. The molecular weight excluding hydrogens is 150 g/mol. The van der Waals surface area contributed by atoms with Crippen LogP contribution >= 0.6 is 0 Å². The molecule has 1 rings (SSSR count). The standard InChI is InChI=1S/C10H13NO/c1-8-4-5-10(12)9(7-8)3-2-6-11/h2-5,7,12H,6,11H2,1H3/b3-2+. The maximum absolute atomic E-state index is 9.37. The number of nitrogens with two attached hydrogens (primary N) is 1. The van der Waals surface area contributed by atoms with Gasteiger partial charge in [-0.25, -0.2) is 0 Å². The second-order valence-electron chi connectivity index (χ2n) is 2.70. The van der Waals surface area contributed by atoms with Gasteiger partial charge < -0.3 is 10.8 Å². The normalized spacial score (nSPS) is 10.8. The Kier molecular flexibility index (Phi) is 2.88. The Labute approximate surface area is 72.3 Å². The minimum absolute atomic E-state index is 0.297. The van der Waals surface area contributed by atoms with Gasteiger partial charge in [0.2, 0.25) is 0 Å². The van der Waals surface area contributed by atoms with Gasteiger partial charge in [0.25, 0.3) is 0 Å². The van der Waals surface area contributed by atoms with Crippen molar-refractivity contribution >= 4 is 6.08 Å². The SMILES string of the molecule is Cc1ccc(O)c(/C=C/CN)c1. The molecule has 0 aromatic heterocycles. The van der Waals surface area contributed by atoms with E-state index < -0.39 is 0 Å². The van der Waals surface area contributed by atoms with E-state index in [-0.39, 0.29) is 0 Å². The van der Waals surface area contributed by atoms with Crippen LogP contribution in [0.2, 0.25) is 0 Å². The molecule has 0 unspecified atom stereocenters. The van der Waals surface area contributed by atoms with Crippen LogP contribution in [0.3, 0.4) is 0 Å². The zero-order valence-electron chi connectivity index (χ0n) is 7.12. The van der Waals surface area contributed by atoms with Crippen LogP contribution in [0.4, 0.5) is 0 Å². The Balaban J connectivity index is 2.97. The van der Waals surface area contributed by atoms with Crippen molar-refractivity contribution in [3.8, 4) is 5.75 Å². The minimum atomic E-state index is 0.297. The number of benzene rings is 1. The molecule has 0 bridgehead atoms. The van der Waals surface area contributed by atoms with Crippen molar-refractivity contribution in [3.63, 3.8) is 0 Å². The molecule has 0 amide bonds. The molecule has 3 N–H and O–H groups in total. The fourth-order valence-electron chi connectivity index (χ4n) is 1.00. The lowest BCUT2D eigenvalue weighted by molar-refractivity contribution is 0.474. The van der Waals surface area contributed by atoms with Crippen LogP contribution in [0.25, 0.3) is 6.08 Å². The largest absolute Gasteiger partial charge is 0.507 e. The molecule has 12 heavy (non-hydrogen) atoms. The van der Waals surface area contributed by atoms with Crippen LogP contribution in [-0.4, -0.2) is 11.7 Å². The average molecular weight is 163 g/mol. The first-order valence-corrected chi connectivity index (χ1v) is 3.90. The van der Waals surface area contributed by atoms with Crippen molar-refractivity contribution in [2.75, 3.05) is 6.54 Å². The second kappa shape index (κ2) is 3.93. The van der Waals surface area contributed by atoms with Gasteiger partial charge in [0.1, 0.15) is 5.75 Å². The molecule has 0 heterocycles. The van der Waals surface area contributed by atoms with Crippen LogP contribution < -0.4 is 5.73 Å². The third-order valence-electron chi connectivity index (χ3n) is 1.62. The van der Waals surface area contributed by atoms with Crippen molar-refractivity contribution in [1.29, 1.82) is 0 Å². The number of rotatable bonds is 2. The van der Waals surface area contributed by atoms with Crippen LogP contribution in [0.15, 0.2) is 24.3 Å². The Morgan fingerprint density at radius 2 is 2.25 bits per heavy atom. The van der Waals surface area contributed by atoms with Crippen molar-refractivity contribution in [1.82, 2.24) is 0 Å². The minimum Gasteiger partial charge on any atom is -0.507 e. The predicted octanol–water partition coefficient (Wildman–Crippen LogP) is 1.67. The Hall–Kier alpha value is -1.28. The smallest absolute Gasteiger partial charge is 0.122 e. The van der Waals surface area contributed by atoms with E-state index in [9.17, 15) is 5.11 Å². The van der Waals surface area contributed by atoms with Gasteiger partial charge in [0, 0.05) is 12.1 Å². The summed E-state index contributed by atoms with van der Waals surface area (Å²) in [5, 5.41) is 9.37. The van der Waals surface area contributed by atoms with Gasteiger partial charge in [-0.3, -0.25) is 0 Å². The van der Waals surface area contributed by atoms with Gasteiger partial charge in [-0.2, -0.15) is 0 Å². The molecule has 2 heteroatoms. The zero-order chi connectivity index (χ0) is 8.97. The number of aryl methyl sites for hydroxylation is 1. The highest BCUT2D eigenvalue weighted by Crippen LogP contribution is 2.19. The summed E-state index contributed by atoms with van der Waals surface area (Å²) in [6.45, 7) is 2.48. The van der Waals surface area contributed by atoms with Crippen molar-refractivity contribution in [3.05, 3.63) is 35.4 Å².